The molecule has 0 spiro atoms. The van der Waals surface area contributed by atoms with Gasteiger partial charge in [-0.25, -0.2) is 0 Å². The van der Waals surface area contributed by atoms with Crippen molar-refractivity contribution in [3.63, 3.8) is 0 Å². The molecule has 0 aromatic heterocycles. The Kier molecular flexibility index (Phi) is 5.18. The zero-order valence-corrected chi connectivity index (χ0v) is 16.2. The molecule has 1 aromatic carbocycles. The smallest absolute Gasteiger partial charge is 0.255 e. The molecule has 8 heteroatoms. The van der Waals surface area contributed by atoms with Crippen molar-refractivity contribution in [3.05, 3.63) is 34.9 Å². The summed E-state index contributed by atoms with van der Waals surface area (Å²) in [6.07, 6.45) is 0.649. The zero-order valence-electron chi connectivity index (χ0n) is 16.2. The number of amides is 3. The molecule has 3 heterocycles. The Morgan fingerprint density at radius 1 is 1.21 bits per heavy atom. The van der Waals surface area contributed by atoms with E-state index in [4.69, 9.17) is 5.73 Å². The van der Waals surface area contributed by atoms with Gasteiger partial charge in [-0.15, -0.1) is 0 Å². The van der Waals surface area contributed by atoms with Crippen molar-refractivity contribution in [2.24, 2.45) is 5.73 Å². The molecule has 150 valence electrons. The van der Waals surface area contributed by atoms with Crippen molar-refractivity contribution < 1.29 is 14.4 Å². The van der Waals surface area contributed by atoms with Crippen molar-refractivity contribution in [2.45, 2.75) is 38.0 Å². The van der Waals surface area contributed by atoms with Crippen LogP contribution < -0.4 is 11.1 Å². The molecular formula is C20H27N5O3. The normalized spacial score (nSPS) is 26.5. The third-order valence-corrected chi connectivity index (χ3v) is 6.13. The summed E-state index contributed by atoms with van der Waals surface area (Å²) < 4.78 is 0. The van der Waals surface area contributed by atoms with Crippen molar-refractivity contribution >= 4 is 17.7 Å². The van der Waals surface area contributed by atoms with Crippen LogP contribution in [0.2, 0.25) is 0 Å². The maximum atomic E-state index is 13.0. The number of benzene rings is 1. The van der Waals surface area contributed by atoms with Crippen LogP contribution in [-0.2, 0) is 22.7 Å². The van der Waals surface area contributed by atoms with Gasteiger partial charge in [-0.1, -0.05) is 12.1 Å². The van der Waals surface area contributed by atoms with Gasteiger partial charge < -0.3 is 15.5 Å². The number of hydrogen-bond donors (Lipinski definition) is 2. The van der Waals surface area contributed by atoms with Gasteiger partial charge in [0.25, 0.3) is 5.91 Å². The highest BCUT2D eigenvalue weighted by atomic mass is 16.2. The molecule has 2 atom stereocenters. The zero-order chi connectivity index (χ0) is 19.8. The molecule has 3 aliphatic rings. The van der Waals surface area contributed by atoms with Crippen LogP contribution in [0.15, 0.2) is 18.2 Å². The maximum absolute atomic E-state index is 13.0. The minimum Gasteiger partial charge on any atom is -0.329 e. The van der Waals surface area contributed by atoms with Gasteiger partial charge in [0.2, 0.25) is 11.8 Å². The molecule has 28 heavy (non-hydrogen) atoms. The Bertz CT molecular complexity index is 811. The van der Waals surface area contributed by atoms with E-state index in [1.54, 1.807) is 4.90 Å². The molecule has 3 amide bonds. The summed E-state index contributed by atoms with van der Waals surface area (Å²) in [6.45, 7) is 4.63. The highest BCUT2D eigenvalue weighted by Crippen LogP contribution is 2.30. The highest BCUT2D eigenvalue weighted by Gasteiger charge is 2.40. The van der Waals surface area contributed by atoms with Crippen LogP contribution in [0.5, 0.6) is 0 Å². The molecule has 0 aliphatic carbocycles. The first kappa shape index (κ1) is 19.0. The minimum atomic E-state index is -0.578. The molecule has 2 saturated heterocycles. The van der Waals surface area contributed by atoms with Gasteiger partial charge in [0, 0.05) is 57.3 Å². The SMILES string of the molecule is CN1CCN(Cc2cccc3c2CN(C2CCC(=O)NC2=O)C3=O)C(CN)C1. The Morgan fingerprint density at radius 3 is 2.79 bits per heavy atom. The number of rotatable bonds is 4. The average molecular weight is 385 g/mol. The van der Waals surface area contributed by atoms with Crippen LogP contribution >= 0.6 is 0 Å². The van der Waals surface area contributed by atoms with E-state index in [0.717, 1.165) is 37.3 Å². The Hall–Kier alpha value is -2.29. The van der Waals surface area contributed by atoms with Crippen LogP contribution in [0.1, 0.15) is 34.3 Å². The Balaban J connectivity index is 1.54. The van der Waals surface area contributed by atoms with E-state index in [0.29, 0.717) is 25.1 Å². The quantitative estimate of drug-likeness (QED) is 0.680. The average Bonchev–Trinajstić information content (AvgIpc) is 3.01. The predicted molar refractivity (Wildman–Crippen MR) is 103 cm³/mol. The first-order valence-electron chi connectivity index (χ1n) is 9.86. The summed E-state index contributed by atoms with van der Waals surface area (Å²) in [5, 5.41) is 2.35. The molecule has 3 aliphatic heterocycles. The largest absolute Gasteiger partial charge is 0.329 e. The molecule has 0 radical (unpaired) electrons. The predicted octanol–water partition coefficient (Wildman–Crippen LogP) is -0.478. The number of nitrogens with two attached hydrogens (primary N) is 1. The number of carbonyl (C=O) groups is 3. The number of piperidine rings is 1. The van der Waals surface area contributed by atoms with E-state index in [1.165, 1.54) is 0 Å². The van der Waals surface area contributed by atoms with Crippen LogP contribution in [0.3, 0.4) is 0 Å². The number of nitrogens with zero attached hydrogens (tertiary/aromatic N) is 3. The molecule has 2 fully saturated rings. The van der Waals surface area contributed by atoms with Crippen LogP contribution in [0.4, 0.5) is 0 Å². The van der Waals surface area contributed by atoms with E-state index in [2.05, 4.69) is 28.2 Å². The molecule has 3 N–H and O–H groups in total. The molecule has 1 aromatic rings. The lowest BCUT2D eigenvalue weighted by Gasteiger charge is -2.39. The summed E-state index contributed by atoms with van der Waals surface area (Å²) in [5.74, 6) is -0.768. The molecular weight excluding hydrogens is 358 g/mol. The van der Waals surface area contributed by atoms with E-state index in [9.17, 15) is 14.4 Å². The monoisotopic (exact) mass is 385 g/mol. The molecule has 0 bridgehead atoms. The third kappa shape index (κ3) is 3.43. The second kappa shape index (κ2) is 7.62. The van der Waals surface area contributed by atoms with E-state index in [-0.39, 0.29) is 30.2 Å². The molecule has 4 rings (SSSR count). The fourth-order valence-corrected chi connectivity index (χ4v) is 4.50. The Morgan fingerprint density at radius 2 is 2.04 bits per heavy atom. The molecule has 8 nitrogen and oxygen atoms in total. The highest BCUT2D eigenvalue weighted by molar-refractivity contribution is 6.05. The number of carbonyl (C=O) groups excluding carboxylic acids is 3. The van der Waals surface area contributed by atoms with Crippen molar-refractivity contribution in [3.8, 4) is 0 Å². The van der Waals surface area contributed by atoms with E-state index < -0.39 is 6.04 Å². The van der Waals surface area contributed by atoms with Crippen LogP contribution in [0.25, 0.3) is 0 Å². The van der Waals surface area contributed by atoms with E-state index >= 15 is 0 Å². The number of hydrogen-bond acceptors (Lipinski definition) is 6. The maximum Gasteiger partial charge on any atom is 0.255 e. The Labute approximate surface area is 164 Å². The van der Waals surface area contributed by atoms with E-state index in [1.807, 2.05) is 12.1 Å². The topological polar surface area (TPSA) is 99.0 Å². The first-order chi connectivity index (χ1) is 13.5. The lowest BCUT2D eigenvalue weighted by molar-refractivity contribution is -0.136. The van der Waals surface area contributed by atoms with Gasteiger partial charge in [0.05, 0.1) is 0 Å². The fraction of sp³-hybridized carbons (Fsp3) is 0.550. The number of fused-ring (bicyclic) bond motifs is 1. The molecule has 0 saturated carbocycles. The second-order valence-corrected chi connectivity index (χ2v) is 7.97. The lowest BCUT2D eigenvalue weighted by atomic mass is 10.0. The second-order valence-electron chi connectivity index (χ2n) is 7.97. The van der Waals surface area contributed by atoms with Gasteiger partial charge in [-0.2, -0.15) is 0 Å². The number of likely N-dealkylation sites (N-methyl/N-ethyl adjacent to an activating group) is 1. The van der Waals surface area contributed by atoms with Gasteiger partial charge in [-0.3, -0.25) is 24.6 Å². The van der Waals surface area contributed by atoms with Gasteiger partial charge in [-0.05, 0) is 30.7 Å². The molecule has 2 unspecified atom stereocenters. The summed E-state index contributed by atoms with van der Waals surface area (Å²) >= 11 is 0. The lowest BCUT2D eigenvalue weighted by Crippen LogP contribution is -2.54. The van der Waals surface area contributed by atoms with Crippen molar-refractivity contribution in [1.82, 2.24) is 20.0 Å². The van der Waals surface area contributed by atoms with Crippen LogP contribution in [-0.4, -0.2) is 77.7 Å². The number of nitrogens with one attached hydrogen (secondary N) is 1. The fourth-order valence-electron chi connectivity index (χ4n) is 4.50. The summed E-state index contributed by atoms with van der Waals surface area (Å²) in [7, 11) is 2.11. The standard InChI is InChI=1S/C20H27N5O3/c1-23-7-8-24(14(9-21)11-23)10-13-3-2-4-15-16(13)12-25(20(15)28)17-5-6-18(26)22-19(17)27/h2-4,14,17H,5-12,21H2,1H3,(H,22,26,27). The van der Waals surface area contributed by atoms with Crippen molar-refractivity contribution in [1.29, 1.82) is 0 Å². The first-order valence-corrected chi connectivity index (χ1v) is 9.86. The van der Waals surface area contributed by atoms with Crippen molar-refractivity contribution in [2.75, 3.05) is 33.2 Å². The van der Waals surface area contributed by atoms with Gasteiger partial charge >= 0.3 is 0 Å². The number of piperazine rings is 1. The van der Waals surface area contributed by atoms with Crippen LogP contribution in [0, 0.1) is 0 Å². The van der Waals surface area contributed by atoms with Gasteiger partial charge in [0.15, 0.2) is 0 Å². The number of imide groups is 1. The summed E-state index contributed by atoms with van der Waals surface area (Å²) in [4.78, 5) is 42.9. The summed E-state index contributed by atoms with van der Waals surface area (Å²) in [5.41, 5.74) is 8.76. The third-order valence-electron chi connectivity index (χ3n) is 6.13. The summed E-state index contributed by atoms with van der Waals surface area (Å²) in [6, 6.07) is 5.51. The van der Waals surface area contributed by atoms with Gasteiger partial charge in [0.1, 0.15) is 6.04 Å². The minimum absolute atomic E-state index is 0.125.